The second-order valence-electron chi connectivity index (χ2n) is 9.69. The maximum atomic E-state index is 15.3. The molecule has 1 amide bonds. The minimum absolute atomic E-state index is 0.0193. The topological polar surface area (TPSA) is 106 Å². The first-order valence-corrected chi connectivity index (χ1v) is 13.1. The Hall–Kier alpha value is -3.37. The zero-order valence-corrected chi connectivity index (χ0v) is 22.5. The van der Waals surface area contributed by atoms with E-state index < -0.39 is 5.82 Å². The normalized spacial score (nSPS) is 19.6. The monoisotopic (exact) mass is 542 g/mol. The van der Waals surface area contributed by atoms with Crippen LogP contribution in [0.15, 0.2) is 30.3 Å². The van der Waals surface area contributed by atoms with Crippen LogP contribution in [0.3, 0.4) is 0 Å². The van der Waals surface area contributed by atoms with Gasteiger partial charge in [0.2, 0.25) is 11.9 Å². The number of nitrogens with two attached hydrogens (primary N) is 1. The van der Waals surface area contributed by atoms with Crippen molar-refractivity contribution in [3.63, 3.8) is 0 Å². The first-order valence-electron chi connectivity index (χ1n) is 12.8. The minimum atomic E-state index is -0.643. The van der Waals surface area contributed by atoms with Gasteiger partial charge in [-0.25, -0.2) is 9.37 Å². The van der Waals surface area contributed by atoms with Gasteiger partial charge in [0, 0.05) is 48.0 Å². The van der Waals surface area contributed by atoms with E-state index in [0.717, 1.165) is 24.9 Å². The summed E-state index contributed by atoms with van der Waals surface area (Å²) in [6.45, 7) is 3.86. The number of benzene rings is 2. The molecule has 2 aliphatic heterocycles. The van der Waals surface area contributed by atoms with Gasteiger partial charge in [-0.15, -0.1) is 0 Å². The van der Waals surface area contributed by atoms with Crippen molar-refractivity contribution in [3.05, 3.63) is 46.7 Å². The molecule has 3 N–H and O–H groups in total. The fraction of sp³-hybridized carbons (Fsp3) is 0.444. The van der Waals surface area contributed by atoms with E-state index in [0.29, 0.717) is 35.9 Å². The fourth-order valence-corrected chi connectivity index (χ4v) is 5.77. The highest BCUT2D eigenvalue weighted by Crippen LogP contribution is 2.40. The van der Waals surface area contributed by atoms with Crippen LogP contribution < -0.4 is 25.4 Å². The molecule has 2 aliphatic rings. The van der Waals surface area contributed by atoms with E-state index in [9.17, 15) is 4.79 Å². The number of aromatic nitrogens is 2. The number of rotatable bonds is 8. The zero-order valence-electron chi connectivity index (χ0n) is 21.7. The molecule has 38 heavy (non-hydrogen) atoms. The highest BCUT2D eigenvalue weighted by Gasteiger charge is 2.43. The van der Waals surface area contributed by atoms with E-state index in [1.54, 1.807) is 6.07 Å². The van der Waals surface area contributed by atoms with Gasteiger partial charge in [-0.3, -0.25) is 4.79 Å². The van der Waals surface area contributed by atoms with Crippen molar-refractivity contribution in [1.29, 1.82) is 0 Å². The van der Waals surface area contributed by atoms with Gasteiger partial charge < -0.3 is 30.3 Å². The standard InChI is InChI=1S/C27H32ClFN6O3/c1-4-31-20(15-5-7-16(28)8-6-15)12-22(36)34-13-17-9-10-18(14-34)35(17)27-32-24-19(26(30)33-27)11-21(37-2)25(38-3)23(24)29/h5-8,11,17-18,20,31H,4,9-10,12-14H2,1-3H3,(H2,30,32,33)/t17?,18?,20-/m1/s1. The van der Waals surface area contributed by atoms with Gasteiger partial charge in [0.15, 0.2) is 17.3 Å². The van der Waals surface area contributed by atoms with Gasteiger partial charge in [0.1, 0.15) is 11.3 Å². The average Bonchev–Trinajstić information content (AvgIpc) is 3.17. The van der Waals surface area contributed by atoms with Crippen molar-refractivity contribution < 1.29 is 18.7 Å². The number of nitrogens with one attached hydrogen (secondary N) is 1. The third-order valence-electron chi connectivity index (χ3n) is 7.46. The Kier molecular flexibility index (Phi) is 7.45. The summed E-state index contributed by atoms with van der Waals surface area (Å²) in [7, 11) is 2.81. The molecule has 2 bridgehead atoms. The molecule has 2 saturated heterocycles. The molecule has 5 rings (SSSR count). The Labute approximate surface area is 226 Å². The summed E-state index contributed by atoms with van der Waals surface area (Å²) in [5, 5.41) is 4.44. The molecule has 9 nitrogen and oxygen atoms in total. The number of amides is 1. The summed E-state index contributed by atoms with van der Waals surface area (Å²) >= 11 is 6.05. The highest BCUT2D eigenvalue weighted by atomic mass is 35.5. The number of halogens is 2. The Morgan fingerprint density at radius 3 is 2.47 bits per heavy atom. The van der Waals surface area contributed by atoms with Gasteiger partial charge in [-0.1, -0.05) is 30.7 Å². The summed E-state index contributed by atoms with van der Waals surface area (Å²) in [5.41, 5.74) is 7.37. The van der Waals surface area contributed by atoms with E-state index in [2.05, 4.69) is 20.2 Å². The largest absolute Gasteiger partial charge is 0.493 e. The van der Waals surface area contributed by atoms with E-state index in [-0.39, 0.29) is 46.9 Å². The summed E-state index contributed by atoms with van der Waals surface area (Å²) in [5.74, 6) is 0.173. The number of piperazine rings is 1. The Morgan fingerprint density at radius 2 is 1.87 bits per heavy atom. The smallest absolute Gasteiger partial charge is 0.228 e. The molecule has 1 aromatic heterocycles. The van der Waals surface area contributed by atoms with Crippen LogP contribution in [0, 0.1) is 5.82 Å². The van der Waals surface area contributed by atoms with Crippen LogP contribution in [0.2, 0.25) is 5.02 Å². The van der Waals surface area contributed by atoms with Gasteiger partial charge in [0.25, 0.3) is 0 Å². The highest BCUT2D eigenvalue weighted by molar-refractivity contribution is 6.30. The van der Waals surface area contributed by atoms with Gasteiger partial charge in [0.05, 0.1) is 14.2 Å². The van der Waals surface area contributed by atoms with Crippen molar-refractivity contribution >= 4 is 40.2 Å². The maximum Gasteiger partial charge on any atom is 0.228 e. The van der Waals surface area contributed by atoms with Gasteiger partial charge >= 0.3 is 0 Å². The molecule has 2 unspecified atom stereocenters. The molecule has 2 aromatic carbocycles. The fourth-order valence-electron chi connectivity index (χ4n) is 5.64. The summed E-state index contributed by atoms with van der Waals surface area (Å²) < 4.78 is 25.8. The minimum Gasteiger partial charge on any atom is -0.493 e. The summed E-state index contributed by atoms with van der Waals surface area (Å²) in [6, 6.07) is 9.12. The second-order valence-corrected chi connectivity index (χ2v) is 10.1. The van der Waals surface area contributed by atoms with Crippen molar-refractivity contribution in [2.45, 2.75) is 44.3 Å². The van der Waals surface area contributed by atoms with Crippen LogP contribution in [0.4, 0.5) is 16.2 Å². The van der Waals surface area contributed by atoms with Crippen LogP contribution in [0.1, 0.15) is 37.8 Å². The number of hydrogen-bond acceptors (Lipinski definition) is 8. The molecule has 0 saturated carbocycles. The number of methoxy groups -OCH3 is 2. The van der Waals surface area contributed by atoms with Crippen LogP contribution in [0.25, 0.3) is 10.9 Å². The van der Waals surface area contributed by atoms with Crippen LogP contribution in [-0.2, 0) is 4.79 Å². The molecule has 11 heteroatoms. The van der Waals surface area contributed by atoms with Crippen molar-refractivity contribution in [3.8, 4) is 11.5 Å². The van der Waals surface area contributed by atoms with Crippen molar-refractivity contribution in [2.24, 2.45) is 0 Å². The molecule has 0 aliphatic carbocycles. The third kappa shape index (κ3) is 4.78. The molecule has 3 heterocycles. The number of carbonyl (C=O) groups excluding carboxylic acids is 1. The first kappa shape index (κ1) is 26.2. The maximum absolute atomic E-state index is 15.3. The predicted molar refractivity (Wildman–Crippen MR) is 145 cm³/mol. The number of nitrogens with zero attached hydrogens (tertiary/aromatic N) is 4. The number of hydrogen-bond donors (Lipinski definition) is 2. The summed E-state index contributed by atoms with van der Waals surface area (Å²) in [6.07, 6.45) is 2.12. The third-order valence-corrected chi connectivity index (χ3v) is 7.71. The van der Waals surface area contributed by atoms with Crippen molar-refractivity contribution in [1.82, 2.24) is 20.2 Å². The average molecular weight is 543 g/mol. The Bertz CT molecular complexity index is 1330. The molecular weight excluding hydrogens is 511 g/mol. The predicted octanol–water partition coefficient (Wildman–Crippen LogP) is 3.94. The number of carbonyl (C=O) groups is 1. The number of likely N-dealkylation sites (tertiary alicyclic amines) is 1. The Balaban J connectivity index is 1.37. The van der Waals surface area contributed by atoms with E-state index in [1.165, 1.54) is 14.2 Å². The van der Waals surface area contributed by atoms with E-state index in [4.69, 9.17) is 26.8 Å². The van der Waals surface area contributed by atoms with Crippen LogP contribution in [-0.4, -0.2) is 66.7 Å². The lowest BCUT2D eigenvalue weighted by Gasteiger charge is -2.41. The number of nitrogen functional groups attached to an aromatic ring is 1. The van der Waals surface area contributed by atoms with E-state index in [1.807, 2.05) is 36.1 Å². The van der Waals surface area contributed by atoms with Crippen LogP contribution in [0.5, 0.6) is 11.5 Å². The first-order chi connectivity index (χ1) is 18.3. The van der Waals surface area contributed by atoms with Crippen LogP contribution >= 0.6 is 11.6 Å². The Morgan fingerprint density at radius 1 is 1.18 bits per heavy atom. The lowest BCUT2D eigenvalue weighted by molar-refractivity contribution is -0.132. The SMILES string of the molecule is CCN[C@H](CC(=O)N1CC2CCC(C1)N2c1nc(N)c2cc(OC)c(OC)c(F)c2n1)c1ccc(Cl)cc1. The molecule has 2 fully saturated rings. The van der Waals surface area contributed by atoms with E-state index >= 15 is 4.39 Å². The lowest BCUT2D eigenvalue weighted by atomic mass is 10.0. The molecule has 3 atom stereocenters. The second kappa shape index (κ2) is 10.8. The lowest BCUT2D eigenvalue weighted by Crippen LogP contribution is -2.56. The molecular formula is C27H32ClFN6O3. The van der Waals surface area contributed by atoms with Crippen molar-refractivity contribution in [2.75, 3.05) is 44.5 Å². The number of anilines is 2. The van der Waals surface area contributed by atoms with Gasteiger partial charge in [-0.05, 0) is 43.1 Å². The van der Waals surface area contributed by atoms with Gasteiger partial charge in [-0.2, -0.15) is 4.98 Å². The molecule has 0 spiro atoms. The quantitative estimate of drug-likeness (QED) is 0.441. The number of fused-ring (bicyclic) bond motifs is 3. The molecule has 3 aromatic rings. The molecule has 202 valence electrons. The zero-order chi connectivity index (χ0) is 27.0. The number of ether oxygens (including phenoxy) is 2. The molecule has 0 radical (unpaired) electrons. The summed E-state index contributed by atoms with van der Waals surface area (Å²) in [4.78, 5) is 26.5.